The first-order valence-electron chi connectivity index (χ1n) is 4.39. The van der Waals surface area contributed by atoms with Gasteiger partial charge >= 0.3 is 0 Å². The molecule has 0 aliphatic carbocycles. The van der Waals surface area contributed by atoms with Crippen LogP contribution in [-0.2, 0) is 4.74 Å². The van der Waals surface area contributed by atoms with Crippen LogP contribution in [0.5, 0.6) is 0 Å². The van der Waals surface area contributed by atoms with Gasteiger partial charge in [-0.05, 0) is 13.3 Å². The van der Waals surface area contributed by atoms with Crippen molar-refractivity contribution in [2.45, 2.75) is 19.4 Å². The second-order valence-corrected chi connectivity index (χ2v) is 3.01. The number of amides is 1. The molecule has 78 valence electrons. The summed E-state index contributed by atoms with van der Waals surface area (Å²) in [6.07, 6.45) is 2.17. The van der Waals surface area contributed by atoms with Crippen LogP contribution >= 0.6 is 0 Å². The highest BCUT2D eigenvalue weighted by Crippen LogP contribution is 1.94. The van der Waals surface area contributed by atoms with Gasteiger partial charge in [0.2, 0.25) is 0 Å². The second kappa shape index (κ2) is 5.33. The molecule has 6 heteroatoms. The van der Waals surface area contributed by atoms with Crippen LogP contribution < -0.4 is 5.32 Å². The Hall–Kier alpha value is -1.43. The summed E-state index contributed by atoms with van der Waals surface area (Å²) in [4.78, 5) is 11.4. The van der Waals surface area contributed by atoms with Gasteiger partial charge in [0, 0.05) is 19.8 Å². The van der Waals surface area contributed by atoms with Crippen molar-refractivity contribution < 1.29 is 9.53 Å². The van der Waals surface area contributed by atoms with Gasteiger partial charge in [0.1, 0.15) is 0 Å². The minimum Gasteiger partial charge on any atom is -0.385 e. The average molecular weight is 198 g/mol. The van der Waals surface area contributed by atoms with Crippen LogP contribution in [0.4, 0.5) is 0 Å². The predicted molar refractivity (Wildman–Crippen MR) is 49.8 cm³/mol. The van der Waals surface area contributed by atoms with E-state index in [0.717, 1.165) is 6.42 Å². The lowest BCUT2D eigenvalue weighted by atomic mass is 10.2. The molecule has 0 radical (unpaired) electrons. The molecule has 2 N–H and O–H groups in total. The quantitative estimate of drug-likeness (QED) is 0.695. The smallest absolute Gasteiger partial charge is 0.273 e. The molecule has 14 heavy (non-hydrogen) atoms. The molecule has 1 heterocycles. The van der Waals surface area contributed by atoms with Crippen LogP contribution in [-0.4, -0.2) is 41.1 Å². The minimum atomic E-state index is -0.220. The molecule has 1 aromatic rings. The van der Waals surface area contributed by atoms with Crippen LogP contribution in [0.15, 0.2) is 6.20 Å². The summed E-state index contributed by atoms with van der Waals surface area (Å²) in [7, 11) is 1.63. The molecule has 1 aromatic heterocycles. The Labute approximate surface area is 82.0 Å². The second-order valence-electron chi connectivity index (χ2n) is 3.01. The molecule has 0 bridgehead atoms. The number of carbonyl (C=O) groups excluding carboxylic acids is 1. The molecule has 0 aromatic carbocycles. The van der Waals surface area contributed by atoms with Crippen LogP contribution in [0.25, 0.3) is 0 Å². The Morgan fingerprint density at radius 2 is 2.57 bits per heavy atom. The summed E-state index contributed by atoms with van der Waals surface area (Å²) in [6, 6.07) is 0.0687. The number of hydrogen-bond acceptors (Lipinski definition) is 4. The van der Waals surface area contributed by atoms with Gasteiger partial charge in [-0.3, -0.25) is 4.79 Å². The summed E-state index contributed by atoms with van der Waals surface area (Å²) in [5.41, 5.74) is 0.300. The van der Waals surface area contributed by atoms with Crippen molar-refractivity contribution in [3.63, 3.8) is 0 Å². The molecule has 1 amide bonds. The van der Waals surface area contributed by atoms with Gasteiger partial charge in [-0.15, -0.1) is 0 Å². The Morgan fingerprint density at radius 3 is 3.14 bits per heavy atom. The van der Waals surface area contributed by atoms with E-state index in [-0.39, 0.29) is 11.9 Å². The molecule has 1 unspecified atom stereocenters. The van der Waals surface area contributed by atoms with Crippen molar-refractivity contribution in [2.24, 2.45) is 0 Å². The van der Waals surface area contributed by atoms with Crippen molar-refractivity contribution in [1.82, 2.24) is 20.7 Å². The summed E-state index contributed by atoms with van der Waals surface area (Å²) in [5.74, 6) is -0.220. The average Bonchev–Trinajstić information content (AvgIpc) is 2.67. The number of nitrogens with one attached hydrogen (secondary N) is 2. The number of aromatic amines is 1. The van der Waals surface area contributed by atoms with Gasteiger partial charge in [-0.2, -0.15) is 15.4 Å². The fourth-order valence-electron chi connectivity index (χ4n) is 0.976. The van der Waals surface area contributed by atoms with Gasteiger partial charge in [-0.25, -0.2) is 0 Å². The van der Waals surface area contributed by atoms with E-state index in [1.165, 1.54) is 6.20 Å². The third-order valence-electron chi connectivity index (χ3n) is 1.78. The number of ether oxygens (including phenoxy) is 1. The largest absolute Gasteiger partial charge is 0.385 e. The highest BCUT2D eigenvalue weighted by Gasteiger charge is 2.11. The third-order valence-corrected chi connectivity index (χ3v) is 1.78. The van der Waals surface area contributed by atoms with E-state index in [1.54, 1.807) is 7.11 Å². The van der Waals surface area contributed by atoms with E-state index in [2.05, 4.69) is 20.7 Å². The van der Waals surface area contributed by atoms with E-state index in [4.69, 9.17) is 4.74 Å². The summed E-state index contributed by atoms with van der Waals surface area (Å²) < 4.78 is 4.90. The van der Waals surface area contributed by atoms with Crippen molar-refractivity contribution in [2.75, 3.05) is 13.7 Å². The van der Waals surface area contributed by atoms with Crippen LogP contribution in [0.2, 0.25) is 0 Å². The molecule has 0 fully saturated rings. The summed E-state index contributed by atoms with van der Waals surface area (Å²) in [6.45, 7) is 2.54. The van der Waals surface area contributed by atoms with Crippen molar-refractivity contribution in [1.29, 1.82) is 0 Å². The van der Waals surface area contributed by atoms with Crippen molar-refractivity contribution in [3.8, 4) is 0 Å². The zero-order valence-electron chi connectivity index (χ0n) is 8.28. The van der Waals surface area contributed by atoms with Gasteiger partial charge in [0.15, 0.2) is 5.69 Å². The first-order valence-corrected chi connectivity index (χ1v) is 4.39. The van der Waals surface area contributed by atoms with E-state index in [9.17, 15) is 4.79 Å². The molecule has 0 aliphatic rings. The molecule has 0 saturated carbocycles. The SMILES string of the molecule is COCCC(C)NC(=O)c1cn[nH]n1. The molecule has 0 spiro atoms. The van der Waals surface area contributed by atoms with Crippen LogP contribution in [0.3, 0.4) is 0 Å². The van der Waals surface area contributed by atoms with Crippen molar-refractivity contribution in [3.05, 3.63) is 11.9 Å². The Morgan fingerprint density at radius 1 is 1.79 bits per heavy atom. The number of H-pyrrole nitrogens is 1. The van der Waals surface area contributed by atoms with E-state index in [0.29, 0.717) is 12.3 Å². The maximum atomic E-state index is 11.4. The number of carbonyl (C=O) groups is 1. The van der Waals surface area contributed by atoms with E-state index >= 15 is 0 Å². The standard InChI is InChI=1S/C8H14N4O2/c1-6(3-4-14-2)10-8(13)7-5-9-12-11-7/h5-6H,3-4H2,1-2H3,(H,10,13)(H,9,11,12). The normalized spacial score (nSPS) is 12.4. The maximum absolute atomic E-state index is 11.4. The van der Waals surface area contributed by atoms with Gasteiger partial charge in [-0.1, -0.05) is 0 Å². The Bertz CT molecular complexity index is 273. The number of methoxy groups -OCH3 is 1. The highest BCUT2D eigenvalue weighted by atomic mass is 16.5. The lowest BCUT2D eigenvalue weighted by Crippen LogP contribution is -2.33. The highest BCUT2D eigenvalue weighted by molar-refractivity contribution is 5.91. The first kappa shape index (κ1) is 10.6. The molecular weight excluding hydrogens is 184 g/mol. The summed E-state index contributed by atoms with van der Waals surface area (Å²) in [5, 5.41) is 12.4. The fourth-order valence-corrected chi connectivity index (χ4v) is 0.976. The molecule has 1 rings (SSSR count). The first-order chi connectivity index (χ1) is 6.74. The maximum Gasteiger partial charge on any atom is 0.273 e. The van der Waals surface area contributed by atoms with Crippen LogP contribution in [0.1, 0.15) is 23.8 Å². The molecule has 0 saturated heterocycles. The fraction of sp³-hybridized carbons (Fsp3) is 0.625. The number of aromatic nitrogens is 3. The minimum absolute atomic E-state index is 0.0687. The monoisotopic (exact) mass is 198 g/mol. The molecule has 0 aliphatic heterocycles. The van der Waals surface area contributed by atoms with Crippen LogP contribution in [0, 0.1) is 0 Å². The summed E-state index contributed by atoms with van der Waals surface area (Å²) >= 11 is 0. The Balaban J connectivity index is 2.34. The van der Waals surface area contributed by atoms with Gasteiger partial charge < -0.3 is 10.1 Å². The van der Waals surface area contributed by atoms with E-state index in [1.807, 2.05) is 6.92 Å². The number of hydrogen-bond donors (Lipinski definition) is 2. The molecule has 1 atom stereocenters. The van der Waals surface area contributed by atoms with Gasteiger partial charge in [0.25, 0.3) is 5.91 Å². The van der Waals surface area contributed by atoms with E-state index < -0.39 is 0 Å². The van der Waals surface area contributed by atoms with Gasteiger partial charge in [0.05, 0.1) is 6.20 Å². The Kier molecular flexibility index (Phi) is 4.06. The molecule has 6 nitrogen and oxygen atoms in total. The van der Waals surface area contributed by atoms with Crippen molar-refractivity contribution >= 4 is 5.91 Å². The third kappa shape index (κ3) is 3.14. The predicted octanol–water partition coefficient (Wildman–Crippen LogP) is -0.0405. The number of rotatable bonds is 5. The lowest BCUT2D eigenvalue weighted by molar-refractivity contribution is 0.0924. The zero-order chi connectivity index (χ0) is 10.4. The zero-order valence-corrected chi connectivity index (χ0v) is 8.28. The lowest BCUT2D eigenvalue weighted by Gasteiger charge is -2.11. The molecular formula is C8H14N4O2. The topological polar surface area (TPSA) is 79.9 Å². The number of nitrogens with zero attached hydrogens (tertiary/aromatic N) is 2.